The molecule has 6 unspecified atom stereocenters. The predicted octanol–water partition coefficient (Wildman–Crippen LogP) is 3.23. The molecule has 15 heavy (non-hydrogen) atoms. The van der Waals surface area contributed by atoms with Crippen molar-refractivity contribution in [3.8, 4) is 0 Å². The first-order valence-corrected chi connectivity index (χ1v) is 14.8. The average molecular weight is 321 g/mol. The molecular weight excluding hydrogens is 300 g/mol. The van der Waals surface area contributed by atoms with Crippen molar-refractivity contribution in [2.24, 2.45) is 0 Å². The summed E-state index contributed by atoms with van der Waals surface area (Å²) in [7, 11) is 7.93. The summed E-state index contributed by atoms with van der Waals surface area (Å²) in [4.78, 5) is 0. The van der Waals surface area contributed by atoms with E-state index in [2.05, 4.69) is 51.9 Å². The number of nitrogens with zero attached hydrogens (tertiary/aromatic N) is 3. The highest BCUT2D eigenvalue weighted by molar-refractivity contribution is 8.12. The molecule has 3 nitrogen and oxygen atoms in total. The Balaban J connectivity index is 2.56. The maximum atomic E-state index is 2.97. The van der Waals surface area contributed by atoms with Crippen LogP contribution >= 0.6 is 50.1 Å². The van der Waals surface area contributed by atoms with Gasteiger partial charge in [-0.2, -0.15) is 0 Å². The molecule has 1 aliphatic rings. The second-order valence-electron chi connectivity index (χ2n) is 3.49. The van der Waals surface area contributed by atoms with Crippen LogP contribution < -0.4 is 0 Å². The fourth-order valence-corrected chi connectivity index (χ4v) is 6.14. The van der Waals surface area contributed by atoms with Gasteiger partial charge in [-0.05, 0) is 43.9 Å². The molecule has 1 heterocycles. The van der Waals surface area contributed by atoms with Crippen molar-refractivity contribution in [1.82, 2.24) is 14.0 Å². The summed E-state index contributed by atoms with van der Waals surface area (Å²) in [5.74, 6) is 0. The molecule has 1 rings (SSSR count). The fraction of sp³-hybridized carbons (Fsp3) is 1.00. The number of hydrogen-bond acceptors (Lipinski definition) is 3. The summed E-state index contributed by atoms with van der Waals surface area (Å²) in [5.41, 5.74) is 0. The van der Waals surface area contributed by atoms with E-state index in [0.717, 1.165) is 36.7 Å². The minimum absolute atomic E-state index is 0.0321. The lowest BCUT2D eigenvalue weighted by atomic mass is 10.8. The topological polar surface area (TPSA) is 9.72 Å². The molecule has 1 aliphatic heterocycles. The molecule has 0 saturated carbocycles. The van der Waals surface area contributed by atoms with Gasteiger partial charge in [0, 0.05) is 0 Å². The van der Waals surface area contributed by atoms with Gasteiger partial charge in [-0.3, -0.25) is 14.0 Å². The van der Waals surface area contributed by atoms with E-state index in [1.54, 1.807) is 0 Å². The van der Waals surface area contributed by atoms with E-state index in [9.17, 15) is 0 Å². The van der Waals surface area contributed by atoms with Crippen LogP contribution in [0.4, 0.5) is 0 Å². The van der Waals surface area contributed by atoms with Crippen molar-refractivity contribution in [3.63, 3.8) is 0 Å². The lowest BCUT2D eigenvalue weighted by molar-refractivity contribution is 0.148. The minimum Gasteiger partial charge on any atom is -0.254 e. The van der Waals surface area contributed by atoms with Crippen LogP contribution in [0.15, 0.2) is 0 Å². The van der Waals surface area contributed by atoms with Crippen LogP contribution in [0.2, 0.25) is 0 Å². The van der Waals surface area contributed by atoms with Crippen LogP contribution in [0.5, 0.6) is 0 Å². The van der Waals surface area contributed by atoms with Gasteiger partial charge in [0.2, 0.25) is 0 Å². The molecule has 0 bridgehead atoms. The molecule has 0 amide bonds. The molecule has 0 spiro atoms. The summed E-state index contributed by atoms with van der Waals surface area (Å²) in [5, 5.41) is 0. The van der Waals surface area contributed by atoms with Gasteiger partial charge >= 0.3 is 0 Å². The quantitative estimate of drug-likeness (QED) is 0.736. The normalized spacial score (nSPS) is 27.0. The maximum absolute atomic E-state index is 2.97. The third kappa shape index (κ3) is 5.31. The molecular formula is C6H21N3P6. The molecule has 0 aromatic carbocycles. The zero-order chi connectivity index (χ0) is 11.4. The van der Waals surface area contributed by atoms with Crippen molar-refractivity contribution in [3.05, 3.63) is 0 Å². The van der Waals surface area contributed by atoms with E-state index in [0.29, 0.717) is 0 Å². The largest absolute Gasteiger partial charge is 0.254 e. The molecule has 0 aromatic heterocycles. The van der Waals surface area contributed by atoms with E-state index in [1.807, 2.05) is 0 Å². The van der Waals surface area contributed by atoms with Crippen LogP contribution in [0.25, 0.3) is 0 Å². The Morgan fingerprint density at radius 2 is 1.47 bits per heavy atom. The van der Waals surface area contributed by atoms with Crippen LogP contribution in [0.3, 0.4) is 0 Å². The van der Waals surface area contributed by atoms with Gasteiger partial charge < -0.3 is 0 Å². The zero-order valence-electron chi connectivity index (χ0n) is 9.51. The highest BCUT2D eigenvalue weighted by Crippen LogP contribution is 2.53. The van der Waals surface area contributed by atoms with Crippen molar-refractivity contribution in [1.29, 1.82) is 0 Å². The second kappa shape index (κ2) is 7.80. The van der Waals surface area contributed by atoms with Gasteiger partial charge in [0.25, 0.3) is 0 Å². The summed E-state index contributed by atoms with van der Waals surface area (Å²) in [6, 6.07) is 0. The van der Waals surface area contributed by atoms with E-state index in [4.69, 9.17) is 0 Å². The van der Waals surface area contributed by atoms with Crippen LogP contribution in [-0.2, 0) is 0 Å². The predicted molar refractivity (Wildman–Crippen MR) is 87.8 cm³/mol. The second-order valence-corrected chi connectivity index (χ2v) is 14.9. The van der Waals surface area contributed by atoms with Crippen molar-refractivity contribution in [2.75, 3.05) is 40.0 Å². The van der Waals surface area contributed by atoms with Gasteiger partial charge in [-0.15, -0.1) is 0 Å². The van der Waals surface area contributed by atoms with E-state index < -0.39 is 0 Å². The molecule has 9 heteroatoms. The lowest BCUT2D eigenvalue weighted by Gasteiger charge is -2.44. The van der Waals surface area contributed by atoms with Gasteiger partial charge in [0.1, 0.15) is 0 Å². The molecule has 0 radical (unpaired) electrons. The highest BCUT2D eigenvalue weighted by atomic mass is 32.0. The molecule has 0 N–H and O–H groups in total. The molecule has 6 atom stereocenters. The molecule has 1 saturated heterocycles. The zero-order valence-corrected chi connectivity index (χ0v) is 15.6. The number of hydrogen-bond donors (Lipinski definition) is 0. The van der Waals surface area contributed by atoms with Crippen LogP contribution in [0.1, 0.15) is 0 Å². The fourth-order valence-electron chi connectivity index (χ4n) is 1.34. The minimum atomic E-state index is -0.0321. The first-order valence-electron chi connectivity index (χ1n) is 4.68. The molecule has 90 valence electrons. The van der Waals surface area contributed by atoms with Gasteiger partial charge in [0.15, 0.2) is 0 Å². The Morgan fingerprint density at radius 3 is 1.80 bits per heavy atom. The smallest absolute Gasteiger partial charge is 0.0610 e. The summed E-state index contributed by atoms with van der Waals surface area (Å²) in [6.45, 7) is 10.4. The van der Waals surface area contributed by atoms with Crippen LogP contribution in [0, 0.1) is 0 Å². The van der Waals surface area contributed by atoms with E-state index in [1.165, 1.54) is 0 Å². The molecule has 1 fully saturated rings. The monoisotopic (exact) mass is 321 g/mol. The number of rotatable bonds is 4. The summed E-state index contributed by atoms with van der Waals surface area (Å²) >= 11 is 0. The summed E-state index contributed by atoms with van der Waals surface area (Å²) in [6.07, 6.45) is 0. The average Bonchev–Trinajstić information content (AvgIpc) is 2.17. The third-order valence-electron chi connectivity index (χ3n) is 2.16. The van der Waals surface area contributed by atoms with Gasteiger partial charge in [-0.25, -0.2) is 0 Å². The Kier molecular flexibility index (Phi) is 8.07. The maximum Gasteiger partial charge on any atom is 0.0610 e. The first kappa shape index (κ1) is 15.5. The lowest BCUT2D eigenvalue weighted by Crippen LogP contribution is -2.46. The molecule has 0 aliphatic carbocycles. The standard InChI is InChI=1S/C6H21N3P6/c1-12-13-7-4-8(14(2)10)6-9(5-7)15(3)11/h12-13H,4-6,10-11H2,1-3H3. The van der Waals surface area contributed by atoms with Gasteiger partial charge in [0.05, 0.1) is 20.0 Å². The van der Waals surface area contributed by atoms with E-state index in [-0.39, 0.29) is 15.5 Å². The van der Waals surface area contributed by atoms with Crippen LogP contribution in [-0.4, -0.2) is 54.0 Å². The first-order chi connectivity index (χ1) is 7.04. The third-order valence-corrected chi connectivity index (χ3v) is 8.85. The van der Waals surface area contributed by atoms with Crippen molar-refractivity contribution < 1.29 is 0 Å². The van der Waals surface area contributed by atoms with E-state index >= 15 is 0 Å². The summed E-state index contributed by atoms with van der Waals surface area (Å²) < 4.78 is 7.76. The Morgan fingerprint density at radius 1 is 1.00 bits per heavy atom. The molecule has 0 aromatic rings. The highest BCUT2D eigenvalue weighted by Gasteiger charge is 2.26. The Hall–Kier alpha value is 2.46. The Bertz CT molecular complexity index is 176. The SMILES string of the molecule is CPPN1CN(P(C)P)CN(P(C)P)C1. The van der Waals surface area contributed by atoms with Crippen molar-refractivity contribution in [2.45, 2.75) is 0 Å². The Labute approximate surface area is 104 Å². The van der Waals surface area contributed by atoms with Crippen molar-refractivity contribution >= 4 is 50.1 Å². The van der Waals surface area contributed by atoms with Gasteiger partial charge in [-0.1, -0.05) is 26.1 Å².